The predicted molar refractivity (Wildman–Crippen MR) is 119 cm³/mol. The Morgan fingerprint density at radius 3 is 2.58 bits per heavy atom. The summed E-state index contributed by atoms with van der Waals surface area (Å²) in [5.74, 6) is 0.438. The quantitative estimate of drug-likeness (QED) is 0.624. The lowest BCUT2D eigenvalue weighted by Crippen LogP contribution is -2.34. The zero-order chi connectivity index (χ0) is 22.0. The van der Waals surface area contributed by atoms with E-state index in [4.69, 9.17) is 4.74 Å². The van der Waals surface area contributed by atoms with Crippen molar-refractivity contribution >= 4 is 15.7 Å². The second-order valence-electron chi connectivity index (χ2n) is 7.62. The second kappa shape index (κ2) is 8.55. The minimum atomic E-state index is -3.35. The van der Waals surface area contributed by atoms with E-state index in [1.165, 1.54) is 0 Å². The van der Waals surface area contributed by atoms with Gasteiger partial charge in [-0.2, -0.15) is 5.10 Å². The first kappa shape index (κ1) is 21.1. The average Bonchev–Trinajstić information content (AvgIpc) is 3.09. The van der Waals surface area contributed by atoms with Gasteiger partial charge < -0.3 is 9.64 Å². The number of ether oxygens (including phenoxy) is 1. The van der Waals surface area contributed by atoms with Crippen molar-refractivity contribution in [2.24, 2.45) is 7.05 Å². The third-order valence-electron chi connectivity index (χ3n) is 5.66. The third kappa shape index (κ3) is 4.34. The van der Waals surface area contributed by atoms with Crippen LogP contribution in [0.1, 0.15) is 27.7 Å². The lowest BCUT2D eigenvalue weighted by atomic mass is 10.1. The van der Waals surface area contributed by atoms with E-state index in [0.717, 1.165) is 11.1 Å². The standard InChI is InChI=1S/C23H25N3O4S/c1-25-21(16-20(24-25)18-9-6-10-19(15-18)30-2)23(27)26-12-11-22(31(28,29)14-13-26)17-7-4-3-5-8-17/h3-10,15-16,22H,11-14H2,1-2H3/t22-/m1/s1. The number of carbonyl (C=O) groups is 1. The number of aryl methyl sites for hydroxylation is 1. The summed E-state index contributed by atoms with van der Waals surface area (Å²) in [6, 6.07) is 18.4. The molecular weight excluding hydrogens is 414 g/mol. The van der Waals surface area contributed by atoms with Crippen LogP contribution in [0.15, 0.2) is 60.7 Å². The number of hydrogen-bond donors (Lipinski definition) is 0. The summed E-state index contributed by atoms with van der Waals surface area (Å²) in [6.07, 6.45) is 0.374. The summed E-state index contributed by atoms with van der Waals surface area (Å²) >= 11 is 0. The number of sulfone groups is 1. The van der Waals surface area contributed by atoms with Crippen LogP contribution in [0.4, 0.5) is 0 Å². The van der Waals surface area contributed by atoms with Crippen LogP contribution in [0.25, 0.3) is 11.3 Å². The second-order valence-corrected chi connectivity index (χ2v) is 9.92. The molecule has 0 unspecified atom stereocenters. The molecule has 31 heavy (non-hydrogen) atoms. The maximum atomic E-state index is 13.2. The molecule has 1 aliphatic heterocycles. The zero-order valence-electron chi connectivity index (χ0n) is 17.6. The molecule has 1 aliphatic rings. The van der Waals surface area contributed by atoms with Gasteiger partial charge in [-0.25, -0.2) is 8.42 Å². The van der Waals surface area contributed by atoms with Gasteiger partial charge in [0.1, 0.15) is 11.4 Å². The van der Waals surface area contributed by atoms with Crippen LogP contribution in [-0.4, -0.2) is 55.0 Å². The minimum absolute atomic E-state index is 0.0567. The maximum Gasteiger partial charge on any atom is 0.272 e. The first-order valence-corrected chi connectivity index (χ1v) is 11.8. The molecule has 0 aliphatic carbocycles. The maximum absolute atomic E-state index is 13.2. The van der Waals surface area contributed by atoms with E-state index in [-0.39, 0.29) is 18.2 Å². The summed E-state index contributed by atoms with van der Waals surface area (Å²) in [4.78, 5) is 14.9. The molecule has 0 N–H and O–H groups in total. The SMILES string of the molecule is COc1cccc(-c2cc(C(=O)N3CC[C@H](c4ccccc4)S(=O)(=O)CC3)n(C)n2)c1. The summed E-state index contributed by atoms with van der Waals surface area (Å²) in [7, 11) is -0.0272. The Morgan fingerprint density at radius 1 is 1.06 bits per heavy atom. The van der Waals surface area contributed by atoms with Crippen molar-refractivity contribution in [3.8, 4) is 17.0 Å². The van der Waals surface area contributed by atoms with Crippen molar-refractivity contribution in [1.29, 1.82) is 0 Å². The van der Waals surface area contributed by atoms with Crippen LogP contribution in [-0.2, 0) is 16.9 Å². The fraction of sp³-hybridized carbons (Fsp3) is 0.304. The number of rotatable bonds is 4. The molecule has 1 atom stereocenters. The Labute approximate surface area is 182 Å². The molecule has 8 heteroatoms. The zero-order valence-corrected chi connectivity index (χ0v) is 18.4. The van der Waals surface area contributed by atoms with E-state index >= 15 is 0 Å². The Balaban J connectivity index is 1.57. The van der Waals surface area contributed by atoms with E-state index in [1.807, 2.05) is 54.6 Å². The van der Waals surface area contributed by atoms with Crippen LogP contribution < -0.4 is 4.74 Å². The van der Waals surface area contributed by atoms with Crippen molar-refractivity contribution in [3.63, 3.8) is 0 Å². The van der Waals surface area contributed by atoms with Gasteiger partial charge in [-0.05, 0) is 30.2 Å². The molecule has 0 saturated carbocycles. The highest BCUT2D eigenvalue weighted by molar-refractivity contribution is 7.91. The number of nitrogens with zero attached hydrogens (tertiary/aromatic N) is 3. The smallest absolute Gasteiger partial charge is 0.272 e. The van der Waals surface area contributed by atoms with Crippen LogP contribution in [0.5, 0.6) is 5.75 Å². The molecule has 1 saturated heterocycles. The lowest BCUT2D eigenvalue weighted by molar-refractivity contribution is 0.0755. The average molecular weight is 440 g/mol. The normalized spacial score (nSPS) is 18.4. The number of hydrogen-bond acceptors (Lipinski definition) is 5. The van der Waals surface area contributed by atoms with E-state index in [1.54, 1.807) is 29.8 Å². The van der Waals surface area contributed by atoms with Gasteiger partial charge in [0, 0.05) is 25.7 Å². The van der Waals surface area contributed by atoms with Crippen molar-refractivity contribution in [1.82, 2.24) is 14.7 Å². The molecule has 4 rings (SSSR count). The fourth-order valence-electron chi connectivity index (χ4n) is 3.94. The molecule has 162 valence electrons. The van der Waals surface area contributed by atoms with Crippen LogP contribution >= 0.6 is 0 Å². The Morgan fingerprint density at radius 2 is 1.84 bits per heavy atom. The number of aromatic nitrogens is 2. The van der Waals surface area contributed by atoms with Crippen molar-refractivity contribution in [2.45, 2.75) is 11.7 Å². The Hall–Kier alpha value is -3.13. The van der Waals surface area contributed by atoms with Gasteiger partial charge in [0.15, 0.2) is 9.84 Å². The van der Waals surface area contributed by atoms with Crippen LogP contribution in [0.3, 0.4) is 0 Å². The molecule has 0 spiro atoms. The van der Waals surface area contributed by atoms with E-state index in [9.17, 15) is 13.2 Å². The third-order valence-corrected chi connectivity index (χ3v) is 7.79. The molecule has 2 aromatic carbocycles. The highest BCUT2D eigenvalue weighted by atomic mass is 32.2. The lowest BCUT2D eigenvalue weighted by Gasteiger charge is -2.19. The van der Waals surface area contributed by atoms with Crippen molar-refractivity contribution in [2.75, 3.05) is 26.0 Å². The summed E-state index contributed by atoms with van der Waals surface area (Å²) < 4.78 is 32.5. The highest BCUT2D eigenvalue weighted by Crippen LogP contribution is 2.30. The first-order chi connectivity index (χ1) is 14.9. The molecule has 7 nitrogen and oxygen atoms in total. The number of methoxy groups -OCH3 is 1. The van der Waals surface area contributed by atoms with E-state index < -0.39 is 15.1 Å². The monoisotopic (exact) mass is 439 g/mol. The Kier molecular flexibility index (Phi) is 5.82. The van der Waals surface area contributed by atoms with Gasteiger partial charge in [0.25, 0.3) is 5.91 Å². The molecular formula is C23H25N3O4S. The predicted octanol–water partition coefficient (Wildman–Crippen LogP) is 3.10. The molecule has 2 heterocycles. The Bertz CT molecular complexity index is 1190. The van der Waals surface area contributed by atoms with E-state index in [2.05, 4.69) is 5.10 Å². The minimum Gasteiger partial charge on any atom is -0.497 e. The summed E-state index contributed by atoms with van der Waals surface area (Å²) in [6.45, 7) is 0.543. The topological polar surface area (TPSA) is 81.5 Å². The van der Waals surface area contributed by atoms with Crippen molar-refractivity contribution < 1.29 is 17.9 Å². The van der Waals surface area contributed by atoms with Gasteiger partial charge in [-0.3, -0.25) is 9.48 Å². The molecule has 0 radical (unpaired) electrons. The first-order valence-electron chi connectivity index (χ1n) is 10.1. The van der Waals surface area contributed by atoms with Gasteiger partial charge in [0.05, 0.1) is 23.8 Å². The largest absolute Gasteiger partial charge is 0.497 e. The molecule has 1 fully saturated rings. The molecule has 1 aromatic heterocycles. The van der Waals surface area contributed by atoms with Crippen molar-refractivity contribution in [3.05, 3.63) is 71.9 Å². The van der Waals surface area contributed by atoms with Crippen LogP contribution in [0.2, 0.25) is 0 Å². The van der Waals surface area contributed by atoms with Gasteiger partial charge in [0.2, 0.25) is 0 Å². The highest BCUT2D eigenvalue weighted by Gasteiger charge is 2.33. The summed E-state index contributed by atoms with van der Waals surface area (Å²) in [5, 5.41) is 3.89. The number of amides is 1. The molecule has 0 bridgehead atoms. The number of benzene rings is 2. The van der Waals surface area contributed by atoms with Crippen LogP contribution in [0, 0.1) is 0 Å². The van der Waals surface area contributed by atoms with E-state index in [0.29, 0.717) is 30.1 Å². The summed E-state index contributed by atoms with van der Waals surface area (Å²) in [5.41, 5.74) is 2.71. The molecule has 1 amide bonds. The number of carbonyl (C=O) groups excluding carboxylic acids is 1. The van der Waals surface area contributed by atoms with Gasteiger partial charge in [-0.1, -0.05) is 42.5 Å². The van der Waals surface area contributed by atoms with Gasteiger partial charge >= 0.3 is 0 Å². The fourth-order valence-corrected chi connectivity index (χ4v) is 5.74. The molecule has 3 aromatic rings. The van der Waals surface area contributed by atoms with Gasteiger partial charge in [-0.15, -0.1) is 0 Å².